The number of fused-ring (bicyclic) bond motifs is 1. The molecule has 1 N–H and O–H groups in total. The fourth-order valence-electron chi connectivity index (χ4n) is 4.48. The molecule has 4 rings (SSSR count). The lowest BCUT2D eigenvalue weighted by molar-refractivity contribution is -0.136. The summed E-state index contributed by atoms with van der Waals surface area (Å²) in [5.41, 5.74) is 4.10. The Balaban J connectivity index is 1.80. The van der Waals surface area contributed by atoms with Crippen molar-refractivity contribution < 1.29 is 33.6 Å². The van der Waals surface area contributed by atoms with Crippen LogP contribution >= 0.6 is 0 Å². The molecule has 0 aliphatic heterocycles. The predicted molar refractivity (Wildman–Crippen MR) is 143 cm³/mol. The summed E-state index contributed by atoms with van der Waals surface area (Å²) >= 11 is 0. The number of carbonyl (C=O) groups is 2. The minimum atomic E-state index is -0.515. The van der Waals surface area contributed by atoms with E-state index in [1.54, 1.807) is 10.6 Å². The Morgan fingerprint density at radius 1 is 1.03 bits per heavy atom. The number of phenolic OH excluding ortho intramolecular Hbond substituents is 1. The largest absolute Gasteiger partial charge is 0.507 e. The molecular weight excluding hydrogens is 504 g/mol. The van der Waals surface area contributed by atoms with Gasteiger partial charge in [-0.3, -0.25) is 9.59 Å². The molecule has 1 aliphatic carbocycles. The molecule has 0 bridgehead atoms. The summed E-state index contributed by atoms with van der Waals surface area (Å²) in [5, 5.41) is 19.6. The van der Waals surface area contributed by atoms with Gasteiger partial charge >= 0.3 is 17.9 Å². The highest BCUT2D eigenvalue weighted by molar-refractivity contribution is 5.81. The molecule has 2 aromatic heterocycles. The first-order valence-electron chi connectivity index (χ1n) is 12.8. The Hall–Kier alpha value is -3.96. The van der Waals surface area contributed by atoms with Gasteiger partial charge in [-0.15, -0.1) is 5.10 Å². The van der Waals surface area contributed by atoms with Gasteiger partial charge in [-0.2, -0.15) is 0 Å². The molecule has 39 heavy (non-hydrogen) atoms. The van der Waals surface area contributed by atoms with Crippen LogP contribution in [-0.2, 0) is 32.5 Å². The van der Waals surface area contributed by atoms with Gasteiger partial charge in [0.05, 0.1) is 31.6 Å². The van der Waals surface area contributed by atoms with Crippen molar-refractivity contribution in [2.45, 2.75) is 45.4 Å². The fraction of sp³-hybridized carbons (Fsp3) is 0.429. The molecular formula is C28H34N4O7. The number of aryl methyl sites for hydroxylation is 1. The van der Waals surface area contributed by atoms with Crippen LogP contribution in [0.5, 0.6) is 17.5 Å². The fourth-order valence-corrected chi connectivity index (χ4v) is 4.48. The third-order valence-corrected chi connectivity index (χ3v) is 6.54. The minimum absolute atomic E-state index is 0.00250. The van der Waals surface area contributed by atoms with Crippen LogP contribution in [0.1, 0.15) is 55.8 Å². The van der Waals surface area contributed by atoms with Crippen LogP contribution in [0.2, 0.25) is 0 Å². The standard InChI is InChI=1S/C28H34N4O7/c1-17(2)20-15-21(23(33)16-24(20)38-25(34)9-12-36-4)27-29-30-28(39-26(35)10-13-37-5)32(27)19-6-7-22-18(14-19)8-11-31(22)3/h8,11,14-17,33H,6-7,9-10,12-13H2,1-5H3. The summed E-state index contributed by atoms with van der Waals surface area (Å²) in [7, 11) is 5.01. The van der Waals surface area contributed by atoms with E-state index in [4.69, 9.17) is 18.9 Å². The number of rotatable bonds is 11. The number of benzene rings is 1. The summed E-state index contributed by atoms with van der Waals surface area (Å²) in [6.45, 7) is 4.35. The molecule has 208 valence electrons. The van der Waals surface area contributed by atoms with Crippen LogP contribution in [0.15, 0.2) is 24.4 Å². The number of nitrogens with zero attached hydrogens (tertiary/aromatic N) is 4. The minimum Gasteiger partial charge on any atom is -0.507 e. The van der Waals surface area contributed by atoms with Crippen molar-refractivity contribution in [2.75, 3.05) is 27.4 Å². The average Bonchev–Trinajstić information content (AvgIpc) is 3.48. The molecule has 0 radical (unpaired) electrons. The lowest BCUT2D eigenvalue weighted by Gasteiger charge is -2.20. The molecule has 1 aliphatic rings. The summed E-state index contributed by atoms with van der Waals surface area (Å²) in [5.74, 6) is -0.624. The monoisotopic (exact) mass is 538 g/mol. The number of allylic oxidation sites excluding steroid dienone is 1. The zero-order valence-corrected chi connectivity index (χ0v) is 22.9. The van der Waals surface area contributed by atoms with Gasteiger partial charge in [0.2, 0.25) is 0 Å². The quantitative estimate of drug-likeness (QED) is 0.285. The lowest BCUT2D eigenvalue weighted by atomic mass is 9.98. The first-order chi connectivity index (χ1) is 18.7. The number of methoxy groups -OCH3 is 2. The third kappa shape index (κ3) is 6.21. The maximum atomic E-state index is 12.5. The number of hydrogen-bond donors (Lipinski definition) is 1. The normalized spacial score (nSPS) is 12.8. The van der Waals surface area contributed by atoms with Crippen molar-refractivity contribution in [3.8, 4) is 28.9 Å². The summed E-state index contributed by atoms with van der Waals surface area (Å²) in [4.78, 5) is 24.8. The number of esters is 2. The van der Waals surface area contributed by atoms with E-state index >= 15 is 0 Å². The van der Waals surface area contributed by atoms with Crippen molar-refractivity contribution >= 4 is 23.7 Å². The number of aromatic nitrogens is 4. The maximum Gasteiger partial charge on any atom is 0.329 e. The van der Waals surface area contributed by atoms with Crippen LogP contribution in [-0.4, -0.2) is 63.8 Å². The van der Waals surface area contributed by atoms with Gasteiger partial charge in [0.1, 0.15) is 11.5 Å². The molecule has 0 saturated heterocycles. The van der Waals surface area contributed by atoms with E-state index in [2.05, 4.69) is 14.8 Å². The smallest absolute Gasteiger partial charge is 0.329 e. The highest BCUT2D eigenvalue weighted by atomic mass is 16.6. The third-order valence-electron chi connectivity index (χ3n) is 6.54. The second kappa shape index (κ2) is 12.3. The molecule has 0 fully saturated rings. The zero-order chi connectivity index (χ0) is 28.1. The van der Waals surface area contributed by atoms with Gasteiger partial charge in [0.15, 0.2) is 5.82 Å². The van der Waals surface area contributed by atoms with Crippen LogP contribution in [0, 0.1) is 0 Å². The van der Waals surface area contributed by atoms with E-state index in [1.807, 2.05) is 39.2 Å². The summed E-state index contributed by atoms with van der Waals surface area (Å²) < 4.78 is 24.8. The topological polar surface area (TPSA) is 127 Å². The van der Waals surface area contributed by atoms with Crippen LogP contribution in [0.4, 0.5) is 0 Å². The molecule has 3 aromatic rings. The van der Waals surface area contributed by atoms with Crippen molar-refractivity contribution in [1.82, 2.24) is 19.3 Å². The van der Waals surface area contributed by atoms with Crippen LogP contribution in [0.25, 0.3) is 23.2 Å². The highest BCUT2D eigenvalue weighted by Gasteiger charge is 2.27. The highest BCUT2D eigenvalue weighted by Crippen LogP contribution is 2.41. The van der Waals surface area contributed by atoms with Crippen LogP contribution in [0.3, 0.4) is 0 Å². The van der Waals surface area contributed by atoms with Gasteiger partial charge in [0.25, 0.3) is 0 Å². The molecule has 11 heteroatoms. The number of phenols is 1. The van der Waals surface area contributed by atoms with Gasteiger partial charge in [0, 0.05) is 44.9 Å². The summed E-state index contributed by atoms with van der Waals surface area (Å²) in [6, 6.07) is 5.15. The molecule has 0 amide bonds. The molecule has 0 unspecified atom stereocenters. The summed E-state index contributed by atoms with van der Waals surface area (Å²) in [6.07, 6.45) is 5.52. The van der Waals surface area contributed by atoms with Crippen molar-refractivity contribution in [3.63, 3.8) is 0 Å². The van der Waals surface area contributed by atoms with Crippen molar-refractivity contribution in [2.24, 2.45) is 7.05 Å². The molecule has 2 heterocycles. The molecule has 0 saturated carbocycles. The first kappa shape index (κ1) is 28.1. The second-order valence-corrected chi connectivity index (χ2v) is 9.60. The Morgan fingerprint density at radius 2 is 1.72 bits per heavy atom. The Labute approximate surface area is 227 Å². The lowest BCUT2D eigenvalue weighted by Crippen LogP contribution is -2.15. The van der Waals surface area contributed by atoms with E-state index in [9.17, 15) is 14.7 Å². The van der Waals surface area contributed by atoms with Gasteiger partial charge in [-0.1, -0.05) is 18.9 Å². The van der Waals surface area contributed by atoms with Gasteiger partial charge in [-0.05, 0) is 48.1 Å². The van der Waals surface area contributed by atoms with Crippen LogP contribution < -0.4 is 9.47 Å². The van der Waals surface area contributed by atoms with E-state index < -0.39 is 11.9 Å². The van der Waals surface area contributed by atoms with E-state index in [1.165, 1.54) is 26.0 Å². The second-order valence-electron chi connectivity index (χ2n) is 9.60. The zero-order valence-electron chi connectivity index (χ0n) is 22.9. The number of hydrogen-bond acceptors (Lipinski definition) is 9. The van der Waals surface area contributed by atoms with Gasteiger partial charge < -0.3 is 28.6 Å². The predicted octanol–water partition coefficient (Wildman–Crippen LogP) is 3.94. The molecule has 0 spiro atoms. The van der Waals surface area contributed by atoms with E-state index in [-0.39, 0.29) is 49.5 Å². The van der Waals surface area contributed by atoms with E-state index in [0.29, 0.717) is 23.4 Å². The molecule has 11 nitrogen and oxygen atoms in total. The van der Waals surface area contributed by atoms with Gasteiger partial charge in [-0.25, -0.2) is 4.57 Å². The first-order valence-corrected chi connectivity index (χ1v) is 12.8. The number of carbonyl (C=O) groups excluding carboxylic acids is 2. The SMILES string of the molecule is COCCC(=O)Oc1cc(O)c(-c2nnc(OC(=O)CCOC)n2C2=Cc3ccn(C)c3CC2)cc1C(C)C. The Morgan fingerprint density at radius 3 is 2.38 bits per heavy atom. The van der Waals surface area contributed by atoms with E-state index in [0.717, 1.165) is 17.7 Å². The Bertz CT molecular complexity index is 1390. The number of ether oxygens (including phenoxy) is 4. The molecule has 0 atom stereocenters. The Kier molecular flexibility index (Phi) is 8.82. The van der Waals surface area contributed by atoms with Crippen molar-refractivity contribution in [3.05, 3.63) is 41.2 Å². The van der Waals surface area contributed by atoms with Crippen molar-refractivity contribution in [1.29, 1.82) is 0 Å². The maximum absolute atomic E-state index is 12.5. The number of aromatic hydroxyl groups is 1. The molecule has 1 aromatic carbocycles. The average molecular weight is 539 g/mol.